The number of nitrogens with one attached hydrogen (secondary N) is 1. The summed E-state index contributed by atoms with van der Waals surface area (Å²) in [6.07, 6.45) is 2.60. The molecule has 1 aromatic heterocycles. The minimum Gasteiger partial charge on any atom is -0.310 e. The van der Waals surface area contributed by atoms with Gasteiger partial charge in [0.25, 0.3) is 0 Å². The lowest BCUT2D eigenvalue weighted by Gasteiger charge is -2.08. The molecule has 0 aliphatic heterocycles. The van der Waals surface area contributed by atoms with Crippen LogP contribution >= 0.6 is 11.6 Å². The Morgan fingerprint density at radius 3 is 3.00 bits per heavy atom. The molecule has 0 aliphatic carbocycles. The van der Waals surface area contributed by atoms with Crippen LogP contribution in [-0.2, 0) is 13.1 Å². The highest BCUT2D eigenvalue weighted by molar-refractivity contribution is 6.17. The van der Waals surface area contributed by atoms with Crippen LogP contribution in [0.4, 0.5) is 0 Å². The number of hydrogen-bond acceptors (Lipinski definition) is 3. The first-order chi connectivity index (χ1) is 7.24. The predicted molar refractivity (Wildman–Crippen MR) is 61.9 cm³/mol. The van der Waals surface area contributed by atoms with Gasteiger partial charge in [-0.1, -0.05) is 13.8 Å². The van der Waals surface area contributed by atoms with Crippen molar-refractivity contribution in [3.05, 3.63) is 12.2 Å². The number of aromatic nitrogens is 3. The number of hydrogen-bond donors (Lipinski definition) is 1. The molecule has 0 atom stereocenters. The van der Waals surface area contributed by atoms with Crippen LogP contribution in [0.3, 0.4) is 0 Å². The zero-order valence-electron chi connectivity index (χ0n) is 9.41. The van der Waals surface area contributed by atoms with Crippen LogP contribution in [0.2, 0.25) is 0 Å². The van der Waals surface area contributed by atoms with Crippen LogP contribution in [0.15, 0.2) is 6.33 Å². The van der Waals surface area contributed by atoms with Crippen LogP contribution in [0.1, 0.15) is 26.1 Å². The molecule has 0 saturated heterocycles. The predicted octanol–water partition coefficient (Wildman–Crippen LogP) is 1.65. The molecule has 0 amide bonds. The van der Waals surface area contributed by atoms with Crippen LogP contribution in [0, 0.1) is 5.92 Å². The first-order valence-electron chi connectivity index (χ1n) is 5.37. The Kier molecular flexibility index (Phi) is 5.65. The van der Waals surface area contributed by atoms with E-state index in [-0.39, 0.29) is 0 Å². The van der Waals surface area contributed by atoms with Gasteiger partial charge in [-0.05, 0) is 18.9 Å². The van der Waals surface area contributed by atoms with Gasteiger partial charge in [-0.25, -0.2) is 9.67 Å². The molecule has 0 radical (unpaired) electrons. The van der Waals surface area contributed by atoms with Gasteiger partial charge in [-0.15, -0.1) is 11.6 Å². The Hall–Kier alpha value is -0.610. The molecule has 5 heteroatoms. The normalized spacial score (nSPS) is 11.2. The van der Waals surface area contributed by atoms with Crippen LogP contribution in [-0.4, -0.2) is 27.2 Å². The zero-order chi connectivity index (χ0) is 11.1. The lowest BCUT2D eigenvalue weighted by molar-refractivity contribution is 0.458. The van der Waals surface area contributed by atoms with E-state index >= 15 is 0 Å². The average Bonchev–Trinajstić information content (AvgIpc) is 2.59. The Morgan fingerprint density at radius 2 is 2.33 bits per heavy atom. The SMILES string of the molecule is CC(C)Cn1ncnc1CNCCCCl. The molecule has 1 N–H and O–H groups in total. The third-order valence-corrected chi connectivity index (χ3v) is 2.27. The number of alkyl halides is 1. The lowest BCUT2D eigenvalue weighted by atomic mass is 10.2. The molecule has 15 heavy (non-hydrogen) atoms. The van der Waals surface area contributed by atoms with E-state index in [1.807, 2.05) is 4.68 Å². The summed E-state index contributed by atoms with van der Waals surface area (Å²) in [5, 5.41) is 7.49. The monoisotopic (exact) mass is 230 g/mol. The van der Waals surface area contributed by atoms with Gasteiger partial charge >= 0.3 is 0 Å². The van der Waals surface area contributed by atoms with E-state index in [2.05, 4.69) is 29.2 Å². The Balaban J connectivity index is 2.36. The van der Waals surface area contributed by atoms with E-state index < -0.39 is 0 Å². The summed E-state index contributed by atoms with van der Waals surface area (Å²) in [6.45, 7) is 6.97. The van der Waals surface area contributed by atoms with E-state index in [1.54, 1.807) is 6.33 Å². The third-order valence-electron chi connectivity index (χ3n) is 2.00. The van der Waals surface area contributed by atoms with Gasteiger partial charge in [0.1, 0.15) is 12.2 Å². The summed E-state index contributed by atoms with van der Waals surface area (Å²) in [5.74, 6) is 2.29. The second-order valence-corrected chi connectivity index (χ2v) is 4.35. The molecule has 0 aromatic carbocycles. The minimum atomic E-state index is 0.591. The van der Waals surface area contributed by atoms with Crippen molar-refractivity contribution >= 4 is 11.6 Å². The van der Waals surface area contributed by atoms with Crippen molar-refractivity contribution in [3.8, 4) is 0 Å². The van der Waals surface area contributed by atoms with Gasteiger partial charge < -0.3 is 5.32 Å². The molecule has 4 nitrogen and oxygen atoms in total. The highest BCUT2D eigenvalue weighted by Gasteiger charge is 2.04. The summed E-state index contributed by atoms with van der Waals surface area (Å²) in [4.78, 5) is 4.22. The fourth-order valence-electron chi connectivity index (χ4n) is 1.32. The van der Waals surface area contributed by atoms with Crippen molar-refractivity contribution in [2.24, 2.45) is 5.92 Å². The molecular formula is C10H19ClN4. The van der Waals surface area contributed by atoms with E-state index in [0.29, 0.717) is 11.8 Å². The van der Waals surface area contributed by atoms with Gasteiger partial charge in [0.05, 0.1) is 6.54 Å². The maximum Gasteiger partial charge on any atom is 0.140 e. The van der Waals surface area contributed by atoms with Crippen molar-refractivity contribution in [2.45, 2.75) is 33.4 Å². The van der Waals surface area contributed by atoms with Crippen molar-refractivity contribution in [2.75, 3.05) is 12.4 Å². The topological polar surface area (TPSA) is 42.7 Å². The first kappa shape index (κ1) is 12.5. The van der Waals surface area contributed by atoms with Gasteiger partial charge in [-0.3, -0.25) is 0 Å². The highest BCUT2D eigenvalue weighted by atomic mass is 35.5. The van der Waals surface area contributed by atoms with Gasteiger partial charge in [-0.2, -0.15) is 5.10 Å². The zero-order valence-corrected chi connectivity index (χ0v) is 10.2. The molecule has 86 valence electrons. The molecule has 1 rings (SSSR count). The second-order valence-electron chi connectivity index (χ2n) is 3.97. The molecular weight excluding hydrogens is 212 g/mol. The standard InChI is InChI=1S/C10H19ClN4/c1-9(2)7-15-10(13-8-14-15)6-12-5-3-4-11/h8-9,12H,3-7H2,1-2H3. The van der Waals surface area contributed by atoms with Crippen LogP contribution in [0.5, 0.6) is 0 Å². The summed E-state index contributed by atoms with van der Waals surface area (Å²) in [5.41, 5.74) is 0. The minimum absolute atomic E-state index is 0.591. The molecule has 0 aliphatic rings. The summed E-state index contributed by atoms with van der Waals surface area (Å²) in [7, 11) is 0. The van der Waals surface area contributed by atoms with Crippen molar-refractivity contribution < 1.29 is 0 Å². The molecule has 0 spiro atoms. The largest absolute Gasteiger partial charge is 0.310 e. The van der Waals surface area contributed by atoms with Gasteiger partial charge in [0, 0.05) is 12.4 Å². The molecule has 0 unspecified atom stereocenters. The highest BCUT2D eigenvalue weighted by Crippen LogP contribution is 2.00. The van der Waals surface area contributed by atoms with E-state index in [4.69, 9.17) is 11.6 Å². The molecule has 1 heterocycles. The summed E-state index contributed by atoms with van der Waals surface area (Å²) < 4.78 is 1.96. The smallest absolute Gasteiger partial charge is 0.140 e. The molecule has 0 bridgehead atoms. The number of rotatable bonds is 7. The fraction of sp³-hybridized carbons (Fsp3) is 0.800. The number of nitrogens with zero attached hydrogens (tertiary/aromatic N) is 3. The van der Waals surface area contributed by atoms with E-state index in [1.165, 1.54) is 0 Å². The lowest BCUT2D eigenvalue weighted by Crippen LogP contribution is -2.20. The fourth-order valence-corrected chi connectivity index (χ4v) is 1.45. The van der Waals surface area contributed by atoms with E-state index in [0.717, 1.165) is 31.9 Å². The third kappa shape index (κ3) is 4.62. The Labute approximate surface area is 96.0 Å². The first-order valence-corrected chi connectivity index (χ1v) is 5.91. The quantitative estimate of drug-likeness (QED) is 0.572. The van der Waals surface area contributed by atoms with Crippen molar-refractivity contribution in [3.63, 3.8) is 0 Å². The summed E-state index contributed by atoms with van der Waals surface area (Å²) >= 11 is 5.59. The van der Waals surface area contributed by atoms with Gasteiger partial charge in [0.2, 0.25) is 0 Å². The average molecular weight is 231 g/mol. The maximum absolute atomic E-state index is 5.59. The Morgan fingerprint density at radius 1 is 1.53 bits per heavy atom. The maximum atomic E-state index is 5.59. The van der Waals surface area contributed by atoms with Crippen molar-refractivity contribution in [1.29, 1.82) is 0 Å². The van der Waals surface area contributed by atoms with Gasteiger partial charge in [0.15, 0.2) is 0 Å². The van der Waals surface area contributed by atoms with Crippen molar-refractivity contribution in [1.82, 2.24) is 20.1 Å². The molecule has 1 aromatic rings. The van der Waals surface area contributed by atoms with Crippen LogP contribution < -0.4 is 5.32 Å². The molecule has 0 fully saturated rings. The summed E-state index contributed by atoms with van der Waals surface area (Å²) in [6, 6.07) is 0. The second kappa shape index (κ2) is 6.80. The van der Waals surface area contributed by atoms with Crippen LogP contribution in [0.25, 0.3) is 0 Å². The Bertz CT molecular complexity index is 272. The molecule has 0 saturated carbocycles. The number of halogens is 1. The van der Waals surface area contributed by atoms with E-state index in [9.17, 15) is 0 Å².